The van der Waals surface area contributed by atoms with E-state index < -0.39 is 15.4 Å². The minimum absolute atomic E-state index is 0.513. The van der Waals surface area contributed by atoms with Crippen molar-refractivity contribution in [2.24, 2.45) is 0 Å². The van der Waals surface area contributed by atoms with Gasteiger partial charge in [0, 0.05) is 0 Å². The second kappa shape index (κ2) is 2.88. The lowest BCUT2D eigenvalue weighted by atomic mass is 10.0. The van der Waals surface area contributed by atoms with Gasteiger partial charge < -0.3 is 0 Å². The van der Waals surface area contributed by atoms with Crippen LogP contribution in [0, 0.1) is 6.42 Å². The highest BCUT2D eigenvalue weighted by Crippen LogP contribution is 2.21. The second-order valence-electron chi connectivity index (χ2n) is 2.59. The van der Waals surface area contributed by atoms with Gasteiger partial charge in [-0.05, 0) is 19.3 Å². The summed E-state index contributed by atoms with van der Waals surface area (Å²) in [6.07, 6.45) is 4.90. The maximum absolute atomic E-state index is 10.5. The highest BCUT2D eigenvalue weighted by molar-refractivity contribution is 7.86. The van der Waals surface area contributed by atoms with Crippen LogP contribution >= 0.6 is 0 Å². The monoisotopic (exact) mass is 163 g/mol. The lowest BCUT2D eigenvalue weighted by Crippen LogP contribution is -2.23. The minimum Gasteiger partial charge on any atom is -0.285 e. The van der Waals surface area contributed by atoms with E-state index >= 15 is 0 Å². The fraction of sp³-hybridized carbons (Fsp3) is 0.833. The van der Waals surface area contributed by atoms with Crippen LogP contribution in [-0.2, 0) is 10.1 Å². The molecule has 0 saturated heterocycles. The Balaban J connectivity index is 2.56. The second-order valence-corrected chi connectivity index (χ2v) is 4.29. The molecule has 1 atom stereocenters. The van der Waals surface area contributed by atoms with Gasteiger partial charge in [0.25, 0.3) is 10.1 Å². The van der Waals surface area contributed by atoms with E-state index in [2.05, 4.69) is 0 Å². The van der Waals surface area contributed by atoms with Crippen LogP contribution in [0.2, 0.25) is 0 Å². The maximum atomic E-state index is 10.5. The van der Waals surface area contributed by atoms with Crippen molar-refractivity contribution >= 4 is 10.1 Å². The van der Waals surface area contributed by atoms with E-state index in [-0.39, 0.29) is 0 Å². The van der Waals surface area contributed by atoms with Crippen LogP contribution in [0.4, 0.5) is 0 Å². The summed E-state index contributed by atoms with van der Waals surface area (Å²) in [5, 5.41) is -0.527. The standard InChI is InChI=1S/C6H11O3S/c7-10(8,9)6-4-2-1-3-5-6/h2,6H,1,3-5H2,(H,7,8,9). The molecule has 0 aliphatic heterocycles. The molecular formula is C6H11O3S. The van der Waals surface area contributed by atoms with Crippen molar-refractivity contribution in [3.63, 3.8) is 0 Å². The Labute approximate surface area is 61.2 Å². The summed E-state index contributed by atoms with van der Waals surface area (Å²) in [6.45, 7) is 0. The van der Waals surface area contributed by atoms with Gasteiger partial charge in [0.05, 0.1) is 5.25 Å². The van der Waals surface area contributed by atoms with Gasteiger partial charge in [0.15, 0.2) is 0 Å². The SMILES string of the molecule is O=S(=O)(O)C1C[CH]CCC1. The van der Waals surface area contributed by atoms with Gasteiger partial charge in [-0.25, -0.2) is 0 Å². The lowest BCUT2D eigenvalue weighted by molar-refractivity contribution is 0.447. The largest absolute Gasteiger partial charge is 0.285 e. The molecule has 3 nitrogen and oxygen atoms in total. The summed E-state index contributed by atoms with van der Waals surface area (Å²) >= 11 is 0. The Hall–Kier alpha value is -0.0900. The van der Waals surface area contributed by atoms with E-state index in [0.29, 0.717) is 12.8 Å². The highest BCUT2D eigenvalue weighted by atomic mass is 32.2. The van der Waals surface area contributed by atoms with Crippen molar-refractivity contribution in [1.29, 1.82) is 0 Å². The quantitative estimate of drug-likeness (QED) is 0.587. The molecular weight excluding hydrogens is 152 g/mol. The first-order chi connectivity index (χ1) is 4.61. The van der Waals surface area contributed by atoms with Crippen LogP contribution in [0.3, 0.4) is 0 Å². The third-order valence-corrected chi connectivity index (χ3v) is 3.06. The van der Waals surface area contributed by atoms with E-state index in [1.54, 1.807) is 0 Å². The van der Waals surface area contributed by atoms with E-state index in [9.17, 15) is 8.42 Å². The summed E-state index contributed by atoms with van der Waals surface area (Å²) in [7, 11) is -3.76. The van der Waals surface area contributed by atoms with Gasteiger partial charge in [-0.2, -0.15) is 8.42 Å². The van der Waals surface area contributed by atoms with Crippen molar-refractivity contribution in [1.82, 2.24) is 0 Å². The molecule has 1 unspecified atom stereocenters. The van der Waals surface area contributed by atoms with Gasteiger partial charge in [0.1, 0.15) is 0 Å². The molecule has 1 radical (unpaired) electrons. The molecule has 1 rings (SSSR count). The summed E-state index contributed by atoms with van der Waals surface area (Å²) in [5.74, 6) is 0. The molecule has 0 amide bonds. The predicted molar refractivity (Wildman–Crippen MR) is 38.1 cm³/mol. The van der Waals surface area contributed by atoms with Crippen molar-refractivity contribution in [2.75, 3.05) is 0 Å². The van der Waals surface area contributed by atoms with E-state index in [1.165, 1.54) is 0 Å². The zero-order valence-electron chi connectivity index (χ0n) is 5.66. The first-order valence-corrected chi connectivity index (χ1v) is 4.89. The lowest BCUT2D eigenvalue weighted by Gasteiger charge is -2.17. The summed E-state index contributed by atoms with van der Waals surface area (Å²) in [5.41, 5.74) is 0. The van der Waals surface area contributed by atoms with Gasteiger partial charge in [-0.3, -0.25) is 4.55 Å². The van der Waals surface area contributed by atoms with Crippen LogP contribution in [0.25, 0.3) is 0 Å². The zero-order valence-corrected chi connectivity index (χ0v) is 6.47. The van der Waals surface area contributed by atoms with Crippen molar-refractivity contribution < 1.29 is 13.0 Å². The van der Waals surface area contributed by atoms with Crippen molar-refractivity contribution in [3.05, 3.63) is 6.42 Å². The van der Waals surface area contributed by atoms with Crippen molar-refractivity contribution in [2.45, 2.75) is 30.9 Å². The molecule has 0 spiro atoms. The van der Waals surface area contributed by atoms with Crippen LogP contribution in [0.15, 0.2) is 0 Å². The van der Waals surface area contributed by atoms with E-state index in [1.807, 2.05) is 6.42 Å². The average molecular weight is 163 g/mol. The third-order valence-electron chi connectivity index (χ3n) is 1.79. The topological polar surface area (TPSA) is 54.4 Å². The predicted octanol–water partition coefficient (Wildman–Crippen LogP) is 1.02. The molecule has 1 aliphatic rings. The Kier molecular flexibility index (Phi) is 2.31. The smallest absolute Gasteiger partial charge is 0.267 e. The Morgan fingerprint density at radius 1 is 1.50 bits per heavy atom. The normalized spacial score (nSPS) is 22.9. The molecule has 10 heavy (non-hydrogen) atoms. The van der Waals surface area contributed by atoms with Crippen LogP contribution < -0.4 is 0 Å². The fourth-order valence-corrected chi connectivity index (χ4v) is 2.03. The first kappa shape index (κ1) is 8.01. The first-order valence-electron chi connectivity index (χ1n) is 3.38. The molecule has 1 aliphatic carbocycles. The molecule has 0 heterocycles. The average Bonchev–Trinajstić information content (AvgIpc) is 1.88. The Morgan fingerprint density at radius 2 is 2.20 bits per heavy atom. The Morgan fingerprint density at radius 3 is 2.50 bits per heavy atom. The van der Waals surface area contributed by atoms with E-state index in [4.69, 9.17) is 4.55 Å². The molecule has 1 fully saturated rings. The number of hydrogen-bond donors (Lipinski definition) is 1. The fourth-order valence-electron chi connectivity index (χ4n) is 1.18. The van der Waals surface area contributed by atoms with Crippen molar-refractivity contribution in [3.8, 4) is 0 Å². The molecule has 59 valence electrons. The third kappa shape index (κ3) is 1.95. The number of hydrogen-bond acceptors (Lipinski definition) is 2. The summed E-state index contributed by atoms with van der Waals surface area (Å²) < 4.78 is 29.6. The Bertz CT molecular complexity index is 189. The molecule has 0 aromatic rings. The van der Waals surface area contributed by atoms with Gasteiger partial charge in [-0.15, -0.1) is 0 Å². The molecule has 0 bridgehead atoms. The minimum atomic E-state index is -3.76. The summed E-state index contributed by atoms with van der Waals surface area (Å²) in [6, 6.07) is 0. The zero-order chi connectivity index (χ0) is 7.61. The molecule has 1 N–H and O–H groups in total. The van der Waals surface area contributed by atoms with E-state index in [0.717, 1.165) is 12.8 Å². The summed E-state index contributed by atoms with van der Waals surface area (Å²) in [4.78, 5) is 0. The van der Waals surface area contributed by atoms with Crippen LogP contribution in [0.5, 0.6) is 0 Å². The van der Waals surface area contributed by atoms with Crippen LogP contribution in [0.1, 0.15) is 25.7 Å². The molecule has 0 aromatic carbocycles. The van der Waals surface area contributed by atoms with Gasteiger partial charge >= 0.3 is 0 Å². The van der Waals surface area contributed by atoms with Gasteiger partial charge in [0.2, 0.25) is 0 Å². The molecule has 0 aromatic heterocycles. The highest BCUT2D eigenvalue weighted by Gasteiger charge is 2.24. The molecule has 1 saturated carbocycles. The maximum Gasteiger partial charge on any atom is 0.267 e. The molecule has 4 heteroatoms. The van der Waals surface area contributed by atoms with Crippen LogP contribution in [-0.4, -0.2) is 18.2 Å². The van der Waals surface area contributed by atoms with Gasteiger partial charge in [-0.1, -0.05) is 12.8 Å². The number of rotatable bonds is 1.